The molecule has 6 nitrogen and oxygen atoms in total. The van der Waals surface area contributed by atoms with Gasteiger partial charge in [0.1, 0.15) is 10.7 Å². The fourth-order valence-electron chi connectivity index (χ4n) is 2.11. The van der Waals surface area contributed by atoms with Gasteiger partial charge in [0, 0.05) is 31.4 Å². The highest BCUT2D eigenvalue weighted by atomic mass is 32.1. The van der Waals surface area contributed by atoms with Gasteiger partial charge in [0.2, 0.25) is 4.96 Å². The number of hydrogen-bond donors (Lipinski definition) is 1. The molecule has 0 fully saturated rings. The third kappa shape index (κ3) is 3.41. The molecular formula is C14H22N4O2S. The standard InChI is InChI=1S/C14H22N4O2S/c1-5-20-8-6-7-15-13(19)11-10(4)18-12(9(2)3)16-17-14(18)21-11/h9H,5-8H2,1-4H3,(H,15,19). The van der Waals surface area contributed by atoms with Crippen LogP contribution in [0.1, 0.15) is 54.3 Å². The predicted octanol–water partition coefficient (Wildman–Crippen LogP) is 2.38. The topological polar surface area (TPSA) is 68.5 Å². The van der Waals surface area contributed by atoms with Crippen LogP contribution >= 0.6 is 11.3 Å². The molecule has 116 valence electrons. The van der Waals surface area contributed by atoms with Gasteiger partial charge in [-0.2, -0.15) is 0 Å². The van der Waals surface area contributed by atoms with Crippen molar-refractivity contribution in [2.24, 2.45) is 0 Å². The number of hydrogen-bond acceptors (Lipinski definition) is 5. The molecule has 2 aromatic rings. The summed E-state index contributed by atoms with van der Waals surface area (Å²) in [6.07, 6.45) is 0.819. The second kappa shape index (κ2) is 7.00. The van der Waals surface area contributed by atoms with Crippen LogP contribution < -0.4 is 5.32 Å². The Morgan fingerprint density at radius 2 is 2.19 bits per heavy atom. The highest BCUT2D eigenvalue weighted by Crippen LogP contribution is 2.25. The van der Waals surface area contributed by atoms with Crippen molar-refractivity contribution in [3.8, 4) is 0 Å². The lowest BCUT2D eigenvalue weighted by molar-refractivity contribution is 0.0947. The van der Waals surface area contributed by atoms with Crippen molar-refractivity contribution >= 4 is 22.2 Å². The van der Waals surface area contributed by atoms with Gasteiger partial charge in [-0.3, -0.25) is 9.20 Å². The Kier molecular flexibility index (Phi) is 5.30. The molecule has 0 aliphatic rings. The highest BCUT2D eigenvalue weighted by molar-refractivity contribution is 7.19. The Morgan fingerprint density at radius 1 is 1.43 bits per heavy atom. The summed E-state index contributed by atoms with van der Waals surface area (Å²) in [5.41, 5.74) is 0.908. The Bertz CT molecular complexity index is 618. The van der Waals surface area contributed by atoms with Gasteiger partial charge in [-0.1, -0.05) is 25.2 Å². The molecule has 0 spiro atoms. The van der Waals surface area contributed by atoms with Gasteiger partial charge in [0.05, 0.1) is 0 Å². The zero-order chi connectivity index (χ0) is 15.4. The van der Waals surface area contributed by atoms with Crippen LogP contribution in [0, 0.1) is 6.92 Å². The number of aromatic nitrogens is 3. The Labute approximate surface area is 128 Å². The fraction of sp³-hybridized carbons (Fsp3) is 0.643. The normalized spacial score (nSPS) is 11.5. The van der Waals surface area contributed by atoms with E-state index in [-0.39, 0.29) is 11.8 Å². The maximum absolute atomic E-state index is 12.2. The van der Waals surface area contributed by atoms with Crippen molar-refractivity contribution in [1.82, 2.24) is 19.9 Å². The molecule has 7 heteroatoms. The highest BCUT2D eigenvalue weighted by Gasteiger charge is 2.20. The molecule has 0 aliphatic carbocycles. The van der Waals surface area contributed by atoms with Gasteiger partial charge >= 0.3 is 0 Å². The van der Waals surface area contributed by atoms with Crippen LogP contribution in [0.3, 0.4) is 0 Å². The van der Waals surface area contributed by atoms with Gasteiger partial charge in [0.25, 0.3) is 5.91 Å². The quantitative estimate of drug-likeness (QED) is 0.797. The molecule has 0 radical (unpaired) electrons. The van der Waals surface area contributed by atoms with Crippen LogP contribution in [0.2, 0.25) is 0 Å². The van der Waals surface area contributed by atoms with E-state index in [1.807, 2.05) is 18.2 Å². The maximum Gasteiger partial charge on any atom is 0.263 e. The molecule has 2 aromatic heterocycles. The van der Waals surface area contributed by atoms with Gasteiger partial charge < -0.3 is 10.1 Å². The number of carbonyl (C=O) groups excluding carboxylic acids is 1. The van der Waals surface area contributed by atoms with E-state index in [1.54, 1.807) is 0 Å². The van der Waals surface area contributed by atoms with Crippen molar-refractivity contribution in [3.05, 3.63) is 16.4 Å². The smallest absolute Gasteiger partial charge is 0.263 e. The molecule has 1 amide bonds. The third-order valence-electron chi connectivity index (χ3n) is 3.19. The minimum Gasteiger partial charge on any atom is -0.382 e. The lowest BCUT2D eigenvalue weighted by atomic mass is 10.2. The molecule has 2 heterocycles. The van der Waals surface area contributed by atoms with E-state index < -0.39 is 0 Å². The van der Waals surface area contributed by atoms with Crippen LogP contribution in [0.15, 0.2) is 0 Å². The van der Waals surface area contributed by atoms with Gasteiger partial charge in [0.15, 0.2) is 0 Å². The van der Waals surface area contributed by atoms with Crippen LogP contribution in [-0.2, 0) is 4.74 Å². The Balaban J connectivity index is 2.08. The molecule has 0 aliphatic heterocycles. The lowest BCUT2D eigenvalue weighted by Gasteiger charge is -2.05. The first-order valence-corrected chi connectivity index (χ1v) is 8.08. The average molecular weight is 310 g/mol. The van der Waals surface area contributed by atoms with Crippen molar-refractivity contribution in [3.63, 3.8) is 0 Å². The molecule has 2 rings (SSSR count). The molecular weight excluding hydrogens is 288 g/mol. The minimum absolute atomic E-state index is 0.0470. The summed E-state index contributed by atoms with van der Waals surface area (Å²) in [7, 11) is 0. The van der Waals surface area contributed by atoms with Crippen LogP contribution in [0.25, 0.3) is 4.96 Å². The van der Waals surface area contributed by atoms with E-state index >= 15 is 0 Å². The molecule has 21 heavy (non-hydrogen) atoms. The SMILES string of the molecule is CCOCCCNC(=O)c1sc2nnc(C(C)C)n2c1C. The second-order valence-electron chi connectivity index (χ2n) is 5.15. The third-order valence-corrected chi connectivity index (χ3v) is 4.33. The molecule has 0 atom stereocenters. The number of nitrogens with zero attached hydrogens (tertiary/aromatic N) is 3. The zero-order valence-electron chi connectivity index (χ0n) is 13.0. The summed E-state index contributed by atoms with van der Waals surface area (Å²) < 4.78 is 7.23. The number of fused-ring (bicyclic) bond motifs is 1. The van der Waals surface area contributed by atoms with E-state index in [0.29, 0.717) is 24.6 Å². The molecule has 0 aromatic carbocycles. The number of nitrogens with one attached hydrogen (secondary N) is 1. The number of thiazole rings is 1. The van der Waals surface area contributed by atoms with E-state index in [9.17, 15) is 4.79 Å². The summed E-state index contributed by atoms with van der Waals surface area (Å²) in [5, 5.41) is 11.3. The number of ether oxygens (including phenoxy) is 1. The summed E-state index contributed by atoms with van der Waals surface area (Å²) in [4.78, 5) is 13.7. The molecule has 0 unspecified atom stereocenters. The fourth-order valence-corrected chi connectivity index (χ4v) is 3.10. The molecule has 1 N–H and O–H groups in total. The van der Waals surface area contributed by atoms with Crippen LogP contribution in [-0.4, -0.2) is 40.3 Å². The summed E-state index contributed by atoms with van der Waals surface area (Å²) in [5.74, 6) is 1.12. The number of rotatable bonds is 7. The molecule has 0 saturated carbocycles. The van der Waals surface area contributed by atoms with E-state index in [4.69, 9.17) is 4.74 Å². The maximum atomic E-state index is 12.2. The first kappa shape index (κ1) is 15.9. The van der Waals surface area contributed by atoms with Crippen LogP contribution in [0.5, 0.6) is 0 Å². The minimum atomic E-state index is -0.0470. The number of carbonyl (C=O) groups is 1. The van der Waals surface area contributed by atoms with E-state index in [2.05, 4.69) is 29.4 Å². The second-order valence-corrected chi connectivity index (χ2v) is 6.13. The van der Waals surface area contributed by atoms with E-state index in [0.717, 1.165) is 22.9 Å². The summed E-state index contributed by atoms with van der Waals surface area (Å²) in [6.45, 7) is 10.0. The first-order valence-electron chi connectivity index (χ1n) is 7.26. The Hall–Kier alpha value is -1.47. The number of aryl methyl sites for hydroxylation is 1. The largest absolute Gasteiger partial charge is 0.382 e. The monoisotopic (exact) mass is 310 g/mol. The molecule has 0 saturated heterocycles. The number of amides is 1. The lowest BCUT2D eigenvalue weighted by Crippen LogP contribution is -2.25. The summed E-state index contributed by atoms with van der Waals surface area (Å²) in [6, 6.07) is 0. The van der Waals surface area contributed by atoms with Crippen molar-refractivity contribution < 1.29 is 9.53 Å². The van der Waals surface area contributed by atoms with Crippen LogP contribution in [0.4, 0.5) is 0 Å². The molecule has 0 bridgehead atoms. The first-order chi connectivity index (χ1) is 10.1. The van der Waals surface area contributed by atoms with Crippen molar-refractivity contribution in [2.45, 2.75) is 40.0 Å². The average Bonchev–Trinajstić information content (AvgIpc) is 2.99. The van der Waals surface area contributed by atoms with Crippen molar-refractivity contribution in [1.29, 1.82) is 0 Å². The predicted molar refractivity (Wildman–Crippen MR) is 83.1 cm³/mol. The van der Waals surface area contributed by atoms with Gasteiger partial charge in [-0.15, -0.1) is 10.2 Å². The zero-order valence-corrected chi connectivity index (χ0v) is 13.8. The van der Waals surface area contributed by atoms with E-state index in [1.165, 1.54) is 11.3 Å². The van der Waals surface area contributed by atoms with Gasteiger partial charge in [-0.25, -0.2) is 0 Å². The summed E-state index contributed by atoms with van der Waals surface area (Å²) >= 11 is 1.38. The van der Waals surface area contributed by atoms with Crippen molar-refractivity contribution in [2.75, 3.05) is 19.8 Å². The van der Waals surface area contributed by atoms with Gasteiger partial charge in [-0.05, 0) is 20.3 Å². The Morgan fingerprint density at radius 3 is 2.86 bits per heavy atom.